The summed E-state index contributed by atoms with van der Waals surface area (Å²) in [5, 5.41) is 3.19. The summed E-state index contributed by atoms with van der Waals surface area (Å²) in [6.45, 7) is 7.84. The van der Waals surface area contributed by atoms with Gasteiger partial charge in [0.05, 0.1) is 0 Å². The summed E-state index contributed by atoms with van der Waals surface area (Å²) in [6.07, 6.45) is 0.435. The van der Waals surface area contributed by atoms with Crippen LogP contribution in [0.1, 0.15) is 38.8 Å². The van der Waals surface area contributed by atoms with Gasteiger partial charge in [-0.3, -0.25) is 4.79 Å². The van der Waals surface area contributed by atoms with Crippen LogP contribution in [0.15, 0.2) is 22.7 Å². The van der Waals surface area contributed by atoms with E-state index in [1.165, 1.54) is 6.07 Å². The number of benzene rings is 1. The van der Waals surface area contributed by atoms with E-state index < -0.39 is 0 Å². The molecule has 0 saturated heterocycles. The first kappa shape index (κ1) is 17.1. The molecular weight excluding hydrogens is 323 g/mol. The van der Waals surface area contributed by atoms with Crippen LogP contribution in [0.3, 0.4) is 0 Å². The first-order valence-corrected chi connectivity index (χ1v) is 7.75. The van der Waals surface area contributed by atoms with E-state index in [1.54, 1.807) is 11.0 Å². The minimum Gasteiger partial charge on any atom is -0.343 e. The maximum absolute atomic E-state index is 13.8. The second-order valence-corrected chi connectivity index (χ2v) is 5.57. The lowest BCUT2D eigenvalue weighted by Gasteiger charge is -2.20. The Morgan fingerprint density at radius 3 is 2.60 bits per heavy atom. The number of nitrogens with zero attached hydrogens (tertiary/aromatic N) is 1. The SMILES string of the molecule is CCN(CC)C(=O)CCNC(C)c1ccc(Br)cc1F. The fourth-order valence-electron chi connectivity index (χ4n) is 2.09. The predicted octanol–water partition coefficient (Wildman–Crippen LogP) is 3.50. The Bertz CT molecular complexity index is 449. The summed E-state index contributed by atoms with van der Waals surface area (Å²) >= 11 is 3.24. The number of hydrogen-bond donors (Lipinski definition) is 1. The fraction of sp³-hybridized carbons (Fsp3) is 0.533. The maximum Gasteiger partial charge on any atom is 0.223 e. The molecule has 20 heavy (non-hydrogen) atoms. The van der Waals surface area contributed by atoms with Crippen molar-refractivity contribution in [3.8, 4) is 0 Å². The number of amides is 1. The van der Waals surface area contributed by atoms with Gasteiger partial charge in [-0.1, -0.05) is 22.0 Å². The molecule has 1 rings (SSSR count). The van der Waals surface area contributed by atoms with Crippen LogP contribution in [0.4, 0.5) is 4.39 Å². The molecule has 5 heteroatoms. The van der Waals surface area contributed by atoms with Crippen LogP contribution in [-0.4, -0.2) is 30.4 Å². The molecule has 1 atom stereocenters. The van der Waals surface area contributed by atoms with Gasteiger partial charge < -0.3 is 10.2 Å². The Balaban J connectivity index is 2.47. The molecule has 0 saturated carbocycles. The Labute approximate surface area is 128 Å². The molecule has 0 aliphatic rings. The molecule has 0 bridgehead atoms. The number of halogens is 2. The van der Waals surface area contributed by atoms with Gasteiger partial charge in [0.25, 0.3) is 0 Å². The van der Waals surface area contributed by atoms with Crippen molar-refractivity contribution < 1.29 is 9.18 Å². The lowest BCUT2D eigenvalue weighted by Crippen LogP contribution is -2.33. The highest BCUT2D eigenvalue weighted by Gasteiger charge is 2.13. The van der Waals surface area contributed by atoms with Crippen LogP contribution in [0.25, 0.3) is 0 Å². The topological polar surface area (TPSA) is 32.3 Å². The summed E-state index contributed by atoms with van der Waals surface area (Å²) in [5.74, 6) is -0.111. The number of carbonyl (C=O) groups excluding carboxylic acids is 1. The second kappa shape index (κ2) is 8.37. The first-order chi connectivity index (χ1) is 9.49. The average molecular weight is 345 g/mol. The third kappa shape index (κ3) is 4.87. The van der Waals surface area contributed by atoms with Crippen molar-refractivity contribution in [2.45, 2.75) is 33.2 Å². The van der Waals surface area contributed by atoms with Gasteiger partial charge in [-0.05, 0) is 32.9 Å². The van der Waals surface area contributed by atoms with E-state index >= 15 is 0 Å². The van der Waals surface area contributed by atoms with Crippen molar-refractivity contribution >= 4 is 21.8 Å². The van der Waals surface area contributed by atoms with Crippen LogP contribution in [0.5, 0.6) is 0 Å². The quantitative estimate of drug-likeness (QED) is 0.820. The monoisotopic (exact) mass is 344 g/mol. The minimum atomic E-state index is -0.241. The Hall–Kier alpha value is -0.940. The third-order valence-corrected chi connectivity index (χ3v) is 3.83. The highest BCUT2D eigenvalue weighted by molar-refractivity contribution is 9.10. The van der Waals surface area contributed by atoms with E-state index in [1.807, 2.05) is 26.8 Å². The summed E-state index contributed by atoms with van der Waals surface area (Å²) in [7, 11) is 0. The first-order valence-electron chi connectivity index (χ1n) is 6.95. The molecule has 0 aromatic heterocycles. The fourth-order valence-corrected chi connectivity index (χ4v) is 2.43. The summed E-state index contributed by atoms with van der Waals surface area (Å²) in [5.41, 5.74) is 0.614. The van der Waals surface area contributed by atoms with Gasteiger partial charge in [0.1, 0.15) is 5.82 Å². The van der Waals surface area contributed by atoms with Gasteiger partial charge in [-0.15, -0.1) is 0 Å². The molecule has 0 aliphatic heterocycles. The van der Waals surface area contributed by atoms with Gasteiger partial charge in [0.2, 0.25) is 5.91 Å². The van der Waals surface area contributed by atoms with E-state index in [9.17, 15) is 9.18 Å². The molecule has 1 aromatic rings. The largest absolute Gasteiger partial charge is 0.343 e. The summed E-state index contributed by atoms with van der Waals surface area (Å²) < 4.78 is 14.5. The standard InChI is InChI=1S/C15H22BrFN2O/c1-4-19(5-2)15(20)8-9-18-11(3)13-7-6-12(16)10-14(13)17/h6-7,10-11,18H,4-5,8-9H2,1-3H3. The smallest absolute Gasteiger partial charge is 0.223 e. The van der Waals surface area contributed by atoms with Crippen molar-refractivity contribution in [1.82, 2.24) is 10.2 Å². The van der Waals surface area contributed by atoms with Gasteiger partial charge in [0, 0.05) is 42.1 Å². The molecule has 3 nitrogen and oxygen atoms in total. The van der Waals surface area contributed by atoms with Crippen molar-refractivity contribution in [2.24, 2.45) is 0 Å². The minimum absolute atomic E-state index is 0.118. The zero-order chi connectivity index (χ0) is 15.1. The lowest BCUT2D eigenvalue weighted by molar-refractivity contribution is -0.130. The van der Waals surface area contributed by atoms with Gasteiger partial charge >= 0.3 is 0 Å². The van der Waals surface area contributed by atoms with Crippen molar-refractivity contribution in [3.63, 3.8) is 0 Å². The van der Waals surface area contributed by atoms with Gasteiger partial charge in [0.15, 0.2) is 0 Å². The van der Waals surface area contributed by atoms with E-state index in [4.69, 9.17) is 0 Å². The molecule has 112 valence electrons. The lowest BCUT2D eigenvalue weighted by atomic mass is 10.1. The molecule has 0 radical (unpaired) electrons. The number of rotatable bonds is 7. The van der Waals surface area contributed by atoms with Crippen molar-refractivity contribution in [2.75, 3.05) is 19.6 Å². The van der Waals surface area contributed by atoms with Crippen molar-refractivity contribution in [3.05, 3.63) is 34.1 Å². The van der Waals surface area contributed by atoms with E-state index in [0.29, 0.717) is 18.5 Å². The average Bonchev–Trinajstić information content (AvgIpc) is 2.39. The second-order valence-electron chi connectivity index (χ2n) is 4.66. The number of hydrogen-bond acceptors (Lipinski definition) is 2. The van der Waals surface area contributed by atoms with E-state index in [-0.39, 0.29) is 17.8 Å². The highest BCUT2D eigenvalue weighted by Crippen LogP contribution is 2.20. The Kier molecular flexibility index (Phi) is 7.16. The molecule has 1 aromatic carbocycles. The van der Waals surface area contributed by atoms with Crippen LogP contribution < -0.4 is 5.32 Å². The van der Waals surface area contributed by atoms with Crippen LogP contribution in [-0.2, 0) is 4.79 Å². The van der Waals surface area contributed by atoms with Crippen LogP contribution in [0.2, 0.25) is 0 Å². The summed E-state index contributed by atoms with van der Waals surface area (Å²) in [6, 6.07) is 4.91. The molecular formula is C15H22BrFN2O. The zero-order valence-corrected chi connectivity index (χ0v) is 13.8. The highest BCUT2D eigenvalue weighted by atomic mass is 79.9. The predicted molar refractivity (Wildman–Crippen MR) is 83.1 cm³/mol. The van der Waals surface area contributed by atoms with E-state index in [0.717, 1.165) is 17.6 Å². The molecule has 0 aliphatic carbocycles. The molecule has 0 fully saturated rings. The molecule has 0 heterocycles. The maximum atomic E-state index is 13.8. The normalized spacial score (nSPS) is 12.2. The zero-order valence-electron chi connectivity index (χ0n) is 12.2. The van der Waals surface area contributed by atoms with Gasteiger partial charge in [-0.2, -0.15) is 0 Å². The molecule has 1 unspecified atom stereocenters. The Morgan fingerprint density at radius 1 is 1.40 bits per heavy atom. The van der Waals surface area contributed by atoms with E-state index in [2.05, 4.69) is 21.2 Å². The third-order valence-electron chi connectivity index (χ3n) is 3.33. The van der Waals surface area contributed by atoms with Gasteiger partial charge in [-0.25, -0.2) is 4.39 Å². The Morgan fingerprint density at radius 2 is 2.05 bits per heavy atom. The number of carbonyl (C=O) groups is 1. The number of nitrogens with one attached hydrogen (secondary N) is 1. The molecule has 1 amide bonds. The summed E-state index contributed by atoms with van der Waals surface area (Å²) in [4.78, 5) is 13.6. The molecule has 1 N–H and O–H groups in total. The van der Waals surface area contributed by atoms with Crippen LogP contribution in [0, 0.1) is 5.82 Å². The van der Waals surface area contributed by atoms with Crippen molar-refractivity contribution in [1.29, 1.82) is 0 Å². The molecule has 0 spiro atoms. The van der Waals surface area contributed by atoms with Crippen LogP contribution >= 0.6 is 15.9 Å².